The Bertz CT molecular complexity index is 638. The summed E-state index contributed by atoms with van der Waals surface area (Å²) in [5.41, 5.74) is 2.34. The van der Waals surface area contributed by atoms with Gasteiger partial charge in [-0.2, -0.15) is 5.10 Å². The number of fused-ring (bicyclic) bond motifs is 1. The lowest BCUT2D eigenvalue weighted by Crippen LogP contribution is -2.26. The second kappa shape index (κ2) is 5.81. The van der Waals surface area contributed by atoms with Gasteiger partial charge in [-0.1, -0.05) is 15.9 Å². The van der Waals surface area contributed by atoms with Gasteiger partial charge in [0, 0.05) is 40.3 Å². The number of rotatable bonds is 3. The molecule has 112 valence electrons. The van der Waals surface area contributed by atoms with Gasteiger partial charge < -0.3 is 10.1 Å². The SMILES string of the molecule is CNC1CC(c2cnn(C(C)C)c2)Oc2ccc(Br)cc21. The molecule has 5 heteroatoms. The standard InChI is InChI=1S/C16H20BrN3O/c1-10(2)20-9-11(8-19-20)16-7-14(18-3)13-6-12(17)4-5-15(13)21-16/h4-6,8-10,14,16,18H,7H2,1-3H3. The molecular weight excluding hydrogens is 330 g/mol. The third-order valence-corrected chi connectivity index (χ3v) is 4.43. The van der Waals surface area contributed by atoms with Crippen molar-refractivity contribution in [1.29, 1.82) is 0 Å². The van der Waals surface area contributed by atoms with Crippen LogP contribution in [-0.2, 0) is 0 Å². The maximum Gasteiger partial charge on any atom is 0.129 e. The first-order valence-corrected chi connectivity index (χ1v) is 8.05. The number of aromatic nitrogens is 2. The first-order valence-electron chi connectivity index (χ1n) is 7.26. The monoisotopic (exact) mass is 349 g/mol. The summed E-state index contributed by atoms with van der Waals surface area (Å²) in [5.74, 6) is 0.950. The summed E-state index contributed by atoms with van der Waals surface area (Å²) in [6.45, 7) is 4.25. The van der Waals surface area contributed by atoms with Crippen molar-refractivity contribution in [3.05, 3.63) is 46.2 Å². The van der Waals surface area contributed by atoms with E-state index in [2.05, 4.69) is 52.5 Å². The zero-order valence-electron chi connectivity index (χ0n) is 12.5. The number of nitrogens with zero attached hydrogens (tertiary/aromatic N) is 2. The Morgan fingerprint density at radius 1 is 1.43 bits per heavy atom. The van der Waals surface area contributed by atoms with E-state index in [0.29, 0.717) is 12.1 Å². The molecule has 1 aliphatic rings. The molecule has 0 saturated carbocycles. The van der Waals surface area contributed by atoms with Crippen LogP contribution in [0, 0.1) is 0 Å². The van der Waals surface area contributed by atoms with Gasteiger partial charge in [0.2, 0.25) is 0 Å². The van der Waals surface area contributed by atoms with Crippen molar-refractivity contribution >= 4 is 15.9 Å². The van der Waals surface area contributed by atoms with Crippen molar-refractivity contribution in [2.75, 3.05) is 7.05 Å². The minimum absolute atomic E-state index is 0.0450. The summed E-state index contributed by atoms with van der Waals surface area (Å²) >= 11 is 3.53. The molecule has 0 aliphatic carbocycles. The highest BCUT2D eigenvalue weighted by Gasteiger charge is 2.29. The van der Waals surface area contributed by atoms with E-state index >= 15 is 0 Å². The van der Waals surface area contributed by atoms with Gasteiger partial charge in [-0.05, 0) is 39.1 Å². The number of ether oxygens (including phenoxy) is 1. The average Bonchev–Trinajstić information content (AvgIpc) is 2.96. The van der Waals surface area contributed by atoms with E-state index in [1.165, 1.54) is 5.56 Å². The zero-order valence-corrected chi connectivity index (χ0v) is 14.1. The highest BCUT2D eigenvalue weighted by Crippen LogP contribution is 2.41. The topological polar surface area (TPSA) is 39.1 Å². The van der Waals surface area contributed by atoms with E-state index < -0.39 is 0 Å². The van der Waals surface area contributed by atoms with Crippen molar-refractivity contribution in [3.8, 4) is 5.75 Å². The lowest BCUT2D eigenvalue weighted by Gasteiger charge is -2.31. The summed E-state index contributed by atoms with van der Waals surface area (Å²) in [6.07, 6.45) is 4.96. The Balaban J connectivity index is 1.91. The highest BCUT2D eigenvalue weighted by atomic mass is 79.9. The van der Waals surface area contributed by atoms with Crippen LogP contribution in [0.25, 0.3) is 0 Å². The van der Waals surface area contributed by atoms with Crippen LogP contribution in [0.1, 0.15) is 49.6 Å². The number of hydrogen-bond donors (Lipinski definition) is 1. The zero-order chi connectivity index (χ0) is 15.0. The maximum absolute atomic E-state index is 6.18. The fourth-order valence-corrected chi connectivity index (χ4v) is 3.10. The smallest absolute Gasteiger partial charge is 0.129 e. The van der Waals surface area contributed by atoms with E-state index in [1.54, 1.807) is 0 Å². The molecule has 0 bridgehead atoms. The molecule has 0 fully saturated rings. The predicted octanol–water partition coefficient (Wildman–Crippen LogP) is 4.01. The molecule has 0 saturated heterocycles. The second-order valence-corrected chi connectivity index (χ2v) is 6.63. The fraction of sp³-hybridized carbons (Fsp3) is 0.438. The fourth-order valence-electron chi connectivity index (χ4n) is 2.72. The van der Waals surface area contributed by atoms with Gasteiger partial charge in [-0.3, -0.25) is 4.68 Å². The summed E-state index contributed by atoms with van der Waals surface area (Å²) in [5, 5.41) is 7.81. The van der Waals surface area contributed by atoms with Crippen molar-refractivity contribution < 1.29 is 4.74 Å². The molecule has 2 atom stereocenters. The number of nitrogens with one attached hydrogen (secondary N) is 1. The first kappa shape index (κ1) is 14.6. The number of benzene rings is 1. The molecule has 0 amide bonds. The predicted molar refractivity (Wildman–Crippen MR) is 86.5 cm³/mol. The quantitative estimate of drug-likeness (QED) is 0.909. The van der Waals surface area contributed by atoms with Gasteiger partial charge >= 0.3 is 0 Å². The molecule has 4 nitrogen and oxygen atoms in total. The lowest BCUT2D eigenvalue weighted by molar-refractivity contribution is 0.153. The Morgan fingerprint density at radius 2 is 2.24 bits per heavy atom. The Labute approximate surface area is 133 Å². The summed E-state index contributed by atoms with van der Waals surface area (Å²) in [4.78, 5) is 0. The third-order valence-electron chi connectivity index (χ3n) is 3.94. The van der Waals surface area contributed by atoms with Crippen LogP contribution in [0.5, 0.6) is 5.75 Å². The summed E-state index contributed by atoms with van der Waals surface area (Å²) < 4.78 is 9.24. The van der Waals surface area contributed by atoms with Crippen molar-refractivity contribution in [1.82, 2.24) is 15.1 Å². The summed E-state index contributed by atoms with van der Waals surface area (Å²) in [7, 11) is 2.00. The molecule has 2 heterocycles. The molecule has 0 radical (unpaired) electrons. The van der Waals surface area contributed by atoms with Crippen LogP contribution in [0.4, 0.5) is 0 Å². The Hall–Kier alpha value is -1.33. The van der Waals surface area contributed by atoms with Gasteiger partial charge in [-0.15, -0.1) is 0 Å². The van der Waals surface area contributed by atoms with E-state index in [-0.39, 0.29) is 6.10 Å². The van der Waals surface area contributed by atoms with Gasteiger partial charge in [0.05, 0.1) is 6.20 Å². The van der Waals surface area contributed by atoms with Crippen molar-refractivity contribution in [3.63, 3.8) is 0 Å². The third kappa shape index (κ3) is 2.85. The Kier molecular flexibility index (Phi) is 4.04. The molecule has 21 heavy (non-hydrogen) atoms. The first-order chi connectivity index (χ1) is 10.1. The van der Waals surface area contributed by atoms with Crippen LogP contribution in [-0.4, -0.2) is 16.8 Å². The van der Waals surface area contributed by atoms with Gasteiger partial charge in [0.25, 0.3) is 0 Å². The molecule has 1 aromatic carbocycles. The second-order valence-electron chi connectivity index (χ2n) is 5.71. The molecule has 0 spiro atoms. The van der Waals surface area contributed by atoms with E-state index in [9.17, 15) is 0 Å². The molecule has 1 N–H and O–H groups in total. The van der Waals surface area contributed by atoms with Crippen LogP contribution in [0.15, 0.2) is 35.1 Å². The van der Waals surface area contributed by atoms with E-state index in [1.807, 2.05) is 30.1 Å². The molecule has 1 aliphatic heterocycles. The van der Waals surface area contributed by atoms with E-state index in [4.69, 9.17) is 4.74 Å². The van der Waals surface area contributed by atoms with Crippen LogP contribution < -0.4 is 10.1 Å². The lowest BCUT2D eigenvalue weighted by atomic mass is 9.94. The van der Waals surface area contributed by atoms with Crippen LogP contribution in [0.3, 0.4) is 0 Å². The van der Waals surface area contributed by atoms with Crippen molar-refractivity contribution in [2.24, 2.45) is 0 Å². The molecule has 2 aromatic rings. The maximum atomic E-state index is 6.18. The Morgan fingerprint density at radius 3 is 2.90 bits per heavy atom. The van der Waals surface area contributed by atoms with Crippen molar-refractivity contribution in [2.45, 2.75) is 38.5 Å². The minimum Gasteiger partial charge on any atom is -0.485 e. The van der Waals surface area contributed by atoms with Crippen LogP contribution in [0.2, 0.25) is 0 Å². The molecule has 3 rings (SSSR count). The average molecular weight is 350 g/mol. The number of hydrogen-bond acceptors (Lipinski definition) is 3. The molecule has 1 aromatic heterocycles. The van der Waals surface area contributed by atoms with Gasteiger partial charge in [-0.25, -0.2) is 0 Å². The minimum atomic E-state index is 0.0450. The molecular formula is C16H20BrN3O. The normalized spacial score (nSPS) is 21.2. The van der Waals surface area contributed by atoms with Gasteiger partial charge in [0.15, 0.2) is 0 Å². The van der Waals surface area contributed by atoms with E-state index in [0.717, 1.165) is 22.2 Å². The summed E-state index contributed by atoms with van der Waals surface area (Å²) in [6, 6.07) is 6.84. The number of halogens is 1. The largest absolute Gasteiger partial charge is 0.485 e. The highest BCUT2D eigenvalue weighted by molar-refractivity contribution is 9.10. The van der Waals surface area contributed by atoms with Gasteiger partial charge in [0.1, 0.15) is 11.9 Å². The van der Waals surface area contributed by atoms with Crippen LogP contribution >= 0.6 is 15.9 Å². The molecule has 2 unspecified atom stereocenters.